The number of sulfonamides is 1. The van der Waals surface area contributed by atoms with Crippen molar-refractivity contribution in [3.8, 4) is 11.5 Å². The minimum atomic E-state index is -3.79. The molecular weight excluding hydrogens is 476 g/mol. The van der Waals surface area contributed by atoms with Crippen molar-refractivity contribution in [2.45, 2.75) is 31.3 Å². The molecule has 1 atom stereocenters. The van der Waals surface area contributed by atoms with Gasteiger partial charge in [-0.2, -0.15) is 0 Å². The summed E-state index contributed by atoms with van der Waals surface area (Å²) in [5.41, 5.74) is 0.896. The Morgan fingerprint density at radius 1 is 0.806 bits per heavy atom. The Morgan fingerprint density at radius 2 is 1.44 bits per heavy atom. The molecule has 0 unspecified atom stereocenters. The summed E-state index contributed by atoms with van der Waals surface area (Å²) in [6.45, 7) is 4.28. The number of amides is 1. The Morgan fingerprint density at radius 3 is 2.11 bits per heavy atom. The Balaban J connectivity index is 1.39. The van der Waals surface area contributed by atoms with Crippen LogP contribution in [0, 0.1) is 0 Å². The first-order valence-electron chi connectivity index (χ1n) is 11.7. The largest absolute Gasteiger partial charge is 0.494 e. The fourth-order valence-corrected chi connectivity index (χ4v) is 4.73. The monoisotopic (exact) mass is 504 g/mol. The van der Waals surface area contributed by atoms with E-state index in [1.165, 1.54) is 12.1 Å². The number of rotatable bonds is 10. The normalized spacial score (nSPS) is 12.1. The van der Waals surface area contributed by atoms with Gasteiger partial charge in [-0.05, 0) is 84.8 Å². The molecule has 7 nitrogen and oxygen atoms in total. The van der Waals surface area contributed by atoms with Crippen molar-refractivity contribution < 1.29 is 22.7 Å². The molecule has 4 aromatic carbocycles. The van der Waals surface area contributed by atoms with Crippen LogP contribution >= 0.6 is 0 Å². The summed E-state index contributed by atoms with van der Waals surface area (Å²) in [6.07, 6.45) is -0.229. The molecule has 2 N–H and O–H groups in total. The van der Waals surface area contributed by atoms with E-state index in [4.69, 9.17) is 9.47 Å². The molecule has 0 bridgehead atoms. The van der Waals surface area contributed by atoms with Gasteiger partial charge >= 0.3 is 0 Å². The maximum absolute atomic E-state index is 12.8. The molecule has 36 heavy (non-hydrogen) atoms. The molecule has 0 saturated carbocycles. The topological polar surface area (TPSA) is 93.7 Å². The number of benzene rings is 4. The fraction of sp³-hybridized carbons (Fsp3) is 0.179. The van der Waals surface area contributed by atoms with Crippen LogP contribution in [0.2, 0.25) is 0 Å². The summed E-state index contributed by atoms with van der Waals surface area (Å²) >= 11 is 0. The molecule has 4 aromatic rings. The van der Waals surface area contributed by atoms with Crippen molar-refractivity contribution >= 4 is 38.1 Å². The molecule has 4 rings (SSSR count). The van der Waals surface area contributed by atoms with Gasteiger partial charge in [-0.15, -0.1) is 0 Å². The maximum atomic E-state index is 12.8. The Labute approximate surface area is 211 Å². The first-order chi connectivity index (χ1) is 17.4. The van der Waals surface area contributed by atoms with Gasteiger partial charge in [-0.1, -0.05) is 37.3 Å². The van der Waals surface area contributed by atoms with Crippen molar-refractivity contribution in [3.63, 3.8) is 0 Å². The van der Waals surface area contributed by atoms with Gasteiger partial charge in [0.05, 0.1) is 11.5 Å². The highest BCUT2D eigenvalue weighted by atomic mass is 32.2. The lowest BCUT2D eigenvalue weighted by molar-refractivity contribution is -0.122. The molecule has 186 valence electrons. The molecule has 0 aliphatic carbocycles. The molecule has 0 aromatic heterocycles. The molecule has 0 fully saturated rings. The van der Waals surface area contributed by atoms with Crippen LogP contribution in [0.3, 0.4) is 0 Å². The van der Waals surface area contributed by atoms with Gasteiger partial charge in [0.1, 0.15) is 11.5 Å². The van der Waals surface area contributed by atoms with Crippen LogP contribution in [0.1, 0.15) is 20.3 Å². The van der Waals surface area contributed by atoms with Crippen molar-refractivity contribution in [1.82, 2.24) is 0 Å². The molecule has 1 amide bonds. The number of nitrogens with one attached hydrogen (secondary N) is 2. The lowest BCUT2D eigenvalue weighted by Gasteiger charge is -2.18. The highest BCUT2D eigenvalue weighted by Gasteiger charge is 2.20. The van der Waals surface area contributed by atoms with Gasteiger partial charge in [-0.25, -0.2) is 8.42 Å². The molecule has 8 heteroatoms. The van der Waals surface area contributed by atoms with Gasteiger partial charge in [0.25, 0.3) is 15.9 Å². The standard InChI is InChI=1S/C28H28N2O5S/c1-3-27(35-25-14-9-20-7-5-6-8-21(20)19-25)28(31)29-22-12-17-26(18-13-22)36(32,33)30-23-10-15-24(16-11-23)34-4-2/h5-19,27,30H,3-4H2,1-2H3,(H,29,31)/t27-/m0/s1. The third-order valence-corrected chi connectivity index (χ3v) is 6.91. The SMILES string of the molecule is CCOc1ccc(NS(=O)(=O)c2ccc(NC(=O)[C@H](CC)Oc3ccc4ccccc4c3)cc2)cc1. The number of fused-ring (bicyclic) bond motifs is 1. The van der Waals surface area contributed by atoms with Crippen molar-refractivity contribution in [3.05, 3.63) is 91.0 Å². The summed E-state index contributed by atoms with van der Waals surface area (Å²) in [5, 5.41) is 4.92. The van der Waals surface area contributed by atoms with Crippen molar-refractivity contribution in [2.24, 2.45) is 0 Å². The van der Waals surface area contributed by atoms with Gasteiger partial charge < -0.3 is 14.8 Å². The zero-order chi connectivity index (χ0) is 25.5. The van der Waals surface area contributed by atoms with E-state index in [9.17, 15) is 13.2 Å². The summed E-state index contributed by atoms with van der Waals surface area (Å²) in [4.78, 5) is 12.9. The quantitative estimate of drug-likeness (QED) is 0.283. The lowest BCUT2D eigenvalue weighted by Crippen LogP contribution is -2.32. The summed E-state index contributed by atoms with van der Waals surface area (Å²) < 4.78 is 39.4. The molecule has 0 aliphatic heterocycles. The number of ether oxygens (including phenoxy) is 2. The molecule has 0 heterocycles. The summed E-state index contributed by atoms with van der Waals surface area (Å²) in [5.74, 6) is 0.960. The van der Waals surface area contributed by atoms with Gasteiger partial charge in [-0.3, -0.25) is 9.52 Å². The third-order valence-electron chi connectivity index (χ3n) is 5.51. The average molecular weight is 505 g/mol. The number of anilines is 2. The highest BCUT2D eigenvalue weighted by Crippen LogP contribution is 2.23. The van der Waals surface area contributed by atoms with E-state index in [2.05, 4.69) is 10.0 Å². The molecule has 0 saturated heterocycles. The first-order valence-corrected chi connectivity index (χ1v) is 13.2. The van der Waals surface area contributed by atoms with Gasteiger partial charge in [0.15, 0.2) is 6.10 Å². The zero-order valence-electron chi connectivity index (χ0n) is 20.1. The lowest BCUT2D eigenvalue weighted by atomic mass is 10.1. The highest BCUT2D eigenvalue weighted by molar-refractivity contribution is 7.92. The second kappa shape index (κ2) is 11.1. The summed E-state index contributed by atoms with van der Waals surface area (Å²) in [7, 11) is -3.79. The molecule has 0 radical (unpaired) electrons. The predicted molar refractivity (Wildman–Crippen MR) is 142 cm³/mol. The number of hydrogen-bond acceptors (Lipinski definition) is 5. The smallest absolute Gasteiger partial charge is 0.265 e. The van der Waals surface area contributed by atoms with Crippen LogP contribution in [0.5, 0.6) is 11.5 Å². The van der Waals surface area contributed by atoms with Gasteiger partial charge in [0, 0.05) is 11.4 Å². The molecule has 0 aliphatic rings. The van der Waals surface area contributed by atoms with Crippen LogP contribution < -0.4 is 19.5 Å². The minimum Gasteiger partial charge on any atom is -0.494 e. The fourth-order valence-electron chi connectivity index (χ4n) is 3.67. The Hall–Kier alpha value is -4.04. The van der Waals surface area contributed by atoms with Crippen LogP contribution in [-0.4, -0.2) is 27.0 Å². The van der Waals surface area contributed by atoms with E-state index in [1.54, 1.807) is 36.4 Å². The number of carbonyl (C=O) groups is 1. The van der Waals surface area contributed by atoms with Crippen LogP contribution in [0.4, 0.5) is 11.4 Å². The Bertz CT molecular complexity index is 1440. The van der Waals surface area contributed by atoms with E-state index in [-0.39, 0.29) is 10.8 Å². The molecular formula is C28H28N2O5S. The van der Waals surface area contributed by atoms with E-state index in [1.807, 2.05) is 56.3 Å². The predicted octanol–water partition coefficient (Wildman–Crippen LogP) is 5.84. The van der Waals surface area contributed by atoms with Crippen LogP contribution in [-0.2, 0) is 14.8 Å². The van der Waals surface area contributed by atoms with Crippen molar-refractivity contribution in [2.75, 3.05) is 16.6 Å². The first kappa shape index (κ1) is 25.1. The van der Waals surface area contributed by atoms with E-state index < -0.39 is 16.1 Å². The second-order valence-electron chi connectivity index (χ2n) is 8.10. The minimum absolute atomic E-state index is 0.0776. The van der Waals surface area contributed by atoms with Crippen molar-refractivity contribution in [1.29, 1.82) is 0 Å². The third kappa shape index (κ3) is 6.14. The summed E-state index contributed by atoms with van der Waals surface area (Å²) in [6, 6.07) is 26.3. The van der Waals surface area contributed by atoms with Crippen LogP contribution in [0.25, 0.3) is 10.8 Å². The van der Waals surface area contributed by atoms with E-state index >= 15 is 0 Å². The molecule has 0 spiro atoms. The van der Waals surface area contributed by atoms with E-state index in [0.29, 0.717) is 35.9 Å². The van der Waals surface area contributed by atoms with Crippen LogP contribution in [0.15, 0.2) is 95.9 Å². The number of hydrogen-bond donors (Lipinski definition) is 2. The average Bonchev–Trinajstić information content (AvgIpc) is 2.88. The second-order valence-corrected chi connectivity index (χ2v) is 9.78. The Kier molecular flexibility index (Phi) is 7.75. The maximum Gasteiger partial charge on any atom is 0.265 e. The number of carbonyl (C=O) groups excluding carboxylic acids is 1. The zero-order valence-corrected chi connectivity index (χ0v) is 20.9. The van der Waals surface area contributed by atoms with Gasteiger partial charge in [0.2, 0.25) is 0 Å². The van der Waals surface area contributed by atoms with E-state index in [0.717, 1.165) is 10.8 Å².